The third kappa shape index (κ3) is 4.91. The minimum absolute atomic E-state index is 0.546. The molecule has 2 rings (SSSR count). The zero-order valence-electron chi connectivity index (χ0n) is 12.5. The molecule has 20 heavy (non-hydrogen) atoms. The number of hydrogen-bond donors (Lipinski definition) is 1. The largest absolute Gasteiger partial charge is 0.490 e. The summed E-state index contributed by atoms with van der Waals surface area (Å²) < 4.78 is 11.4. The molecule has 0 aliphatic carbocycles. The van der Waals surface area contributed by atoms with Crippen LogP contribution in [0.2, 0.25) is 0 Å². The summed E-state index contributed by atoms with van der Waals surface area (Å²) in [5, 5.41) is 3.57. The molecule has 1 heterocycles. The van der Waals surface area contributed by atoms with Gasteiger partial charge in [0.1, 0.15) is 0 Å². The van der Waals surface area contributed by atoms with Crippen molar-refractivity contribution in [3.05, 3.63) is 23.8 Å². The van der Waals surface area contributed by atoms with E-state index in [2.05, 4.69) is 31.3 Å². The highest BCUT2D eigenvalue weighted by atomic mass is 32.2. The molecule has 0 aromatic heterocycles. The van der Waals surface area contributed by atoms with Crippen LogP contribution in [0.4, 0.5) is 0 Å². The molecule has 3 nitrogen and oxygen atoms in total. The second-order valence-electron chi connectivity index (χ2n) is 5.10. The molecule has 0 saturated carbocycles. The molecular formula is C16H25NO2S. The average Bonchev–Trinajstić information content (AvgIpc) is 2.70. The predicted octanol–water partition coefficient (Wildman–Crippen LogP) is 3.47. The van der Waals surface area contributed by atoms with Crippen molar-refractivity contribution in [2.45, 2.75) is 39.3 Å². The van der Waals surface area contributed by atoms with Gasteiger partial charge in [0.05, 0.1) is 13.2 Å². The van der Waals surface area contributed by atoms with E-state index in [1.165, 1.54) is 23.5 Å². The van der Waals surface area contributed by atoms with Crippen molar-refractivity contribution in [1.82, 2.24) is 5.32 Å². The molecule has 0 spiro atoms. The Kier molecular flexibility index (Phi) is 6.54. The minimum atomic E-state index is 0.546. The Morgan fingerprint density at radius 2 is 2.05 bits per heavy atom. The van der Waals surface area contributed by atoms with Gasteiger partial charge in [-0.25, -0.2) is 0 Å². The zero-order valence-corrected chi connectivity index (χ0v) is 13.3. The van der Waals surface area contributed by atoms with Gasteiger partial charge in [0, 0.05) is 19.0 Å². The van der Waals surface area contributed by atoms with Crippen molar-refractivity contribution < 1.29 is 9.47 Å². The molecule has 0 radical (unpaired) electrons. The highest BCUT2D eigenvalue weighted by Gasteiger charge is 2.10. The quantitative estimate of drug-likeness (QED) is 0.780. The average molecular weight is 295 g/mol. The lowest BCUT2D eigenvalue weighted by Gasteiger charge is -2.14. The van der Waals surface area contributed by atoms with Crippen molar-refractivity contribution in [2.24, 2.45) is 0 Å². The van der Waals surface area contributed by atoms with Crippen LogP contribution in [-0.4, -0.2) is 30.8 Å². The van der Waals surface area contributed by atoms with Crippen molar-refractivity contribution >= 4 is 11.8 Å². The second-order valence-corrected chi connectivity index (χ2v) is 6.49. The van der Waals surface area contributed by atoms with E-state index in [4.69, 9.17) is 9.47 Å². The van der Waals surface area contributed by atoms with Crippen LogP contribution in [0.5, 0.6) is 11.5 Å². The fourth-order valence-electron chi connectivity index (χ4n) is 2.12. The van der Waals surface area contributed by atoms with Gasteiger partial charge < -0.3 is 14.8 Å². The normalized spacial score (nSPS) is 15.7. The topological polar surface area (TPSA) is 30.5 Å². The molecule has 0 bridgehead atoms. The molecule has 1 N–H and O–H groups in total. The van der Waals surface area contributed by atoms with Crippen LogP contribution < -0.4 is 14.8 Å². The molecule has 1 aliphatic rings. The molecule has 1 aromatic rings. The first kappa shape index (κ1) is 15.5. The number of fused-ring (bicyclic) bond motifs is 1. The van der Waals surface area contributed by atoms with Gasteiger partial charge >= 0.3 is 0 Å². The Balaban J connectivity index is 1.82. The molecule has 4 heteroatoms. The number of benzene rings is 1. The second kappa shape index (κ2) is 8.42. The summed E-state index contributed by atoms with van der Waals surface area (Å²) in [6.07, 6.45) is 2.16. The van der Waals surface area contributed by atoms with Crippen LogP contribution in [0, 0.1) is 0 Å². The summed E-state index contributed by atoms with van der Waals surface area (Å²) in [4.78, 5) is 0. The van der Waals surface area contributed by atoms with E-state index in [9.17, 15) is 0 Å². The summed E-state index contributed by atoms with van der Waals surface area (Å²) in [5.41, 5.74) is 1.25. The summed E-state index contributed by atoms with van der Waals surface area (Å²) >= 11 is 2.00. The van der Waals surface area contributed by atoms with E-state index in [1.54, 1.807) is 0 Å². The third-order valence-corrected chi connectivity index (χ3v) is 4.30. The van der Waals surface area contributed by atoms with E-state index in [-0.39, 0.29) is 0 Å². The van der Waals surface area contributed by atoms with E-state index in [1.807, 2.05) is 17.8 Å². The molecule has 0 fully saturated rings. The summed E-state index contributed by atoms with van der Waals surface area (Å²) in [7, 11) is 0. The van der Waals surface area contributed by atoms with Crippen LogP contribution in [-0.2, 0) is 6.54 Å². The van der Waals surface area contributed by atoms with E-state index < -0.39 is 0 Å². The Hall–Kier alpha value is -0.870. The summed E-state index contributed by atoms with van der Waals surface area (Å²) in [6.45, 7) is 6.83. The van der Waals surface area contributed by atoms with Crippen molar-refractivity contribution in [1.29, 1.82) is 0 Å². The summed E-state index contributed by atoms with van der Waals surface area (Å²) in [5.74, 6) is 4.19. The number of hydrogen-bond acceptors (Lipinski definition) is 4. The first-order valence-electron chi connectivity index (χ1n) is 7.49. The van der Waals surface area contributed by atoms with E-state index >= 15 is 0 Å². The monoisotopic (exact) mass is 295 g/mol. The van der Waals surface area contributed by atoms with E-state index in [0.717, 1.165) is 37.7 Å². The number of rotatable bonds is 7. The lowest BCUT2D eigenvalue weighted by atomic mass is 10.2. The highest BCUT2D eigenvalue weighted by Crippen LogP contribution is 2.30. The lowest BCUT2D eigenvalue weighted by molar-refractivity contribution is 0.297. The van der Waals surface area contributed by atoms with Crippen molar-refractivity contribution in [3.8, 4) is 11.5 Å². The van der Waals surface area contributed by atoms with Gasteiger partial charge in [-0.05, 0) is 42.5 Å². The van der Waals surface area contributed by atoms with Crippen LogP contribution in [0.3, 0.4) is 0 Å². The number of nitrogens with one attached hydrogen (secondary N) is 1. The Morgan fingerprint density at radius 3 is 2.85 bits per heavy atom. The lowest BCUT2D eigenvalue weighted by Crippen LogP contribution is -2.26. The maximum atomic E-state index is 5.72. The van der Waals surface area contributed by atoms with Gasteiger partial charge in [-0.2, -0.15) is 11.8 Å². The molecular weight excluding hydrogens is 270 g/mol. The van der Waals surface area contributed by atoms with E-state index in [0.29, 0.717) is 6.04 Å². The molecule has 0 saturated heterocycles. The molecule has 1 unspecified atom stereocenters. The molecule has 1 aliphatic heterocycles. The Bertz CT molecular complexity index is 411. The number of thioether (sulfide) groups is 1. The third-order valence-electron chi connectivity index (χ3n) is 3.37. The fourth-order valence-corrected chi connectivity index (χ4v) is 2.93. The van der Waals surface area contributed by atoms with Gasteiger partial charge in [-0.3, -0.25) is 0 Å². The first-order chi connectivity index (χ1) is 9.79. The molecule has 1 aromatic carbocycles. The fraction of sp³-hybridized carbons (Fsp3) is 0.625. The highest BCUT2D eigenvalue weighted by molar-refractivity contribution is 7.99. The van der Waals surface area contributed by atoms with Crippen LogP contribution >= 0.6 is 11.8 Å². The molecule has 112 valence electrons. The maximum absolute atomic E-state index is 5.72. The first-order valence-corrected chi connectivity index (χ1v) is 8.64. The molecule has 1 atom stereocenters. The SMILES string of the molecule is CCSCCC(C)NCc1ccc2c(c1)OCCCO2. The van der Waals surface area contributed by atoms with Crippen LogP contribution in [0.15, 0.2) is 18.2 Å². The predicted molar refractivity (Wildman–Crippen MR) is 86.0 cm³/mol. The molecule has 0 amide bonds. The number of ether oxygens (including phenoxy) is 2. The van der Waals surface area contributed by atoms with Crippen molar-refractivity contribution in [3.63, 3.8) is 0 Å². The minimum Gasteiger partial charge on any atom is -0.490 e. The maximum Gasteiger partial charge on any atom is 0.161 e. The van der Waals surface area contributed by atoms with Gasteiger partial charge in [0.2, 0.25) is 0 Å². The van der Waals surface area contributed by atoms with Crippen LogP contribution in [0.1, 0.15) is 32.3 Å². The zero-order chi connectivity index (χ0) is 14.2. The smallest absolute Gasteiger partial charge is 0.161 e. The summed E-state index contributed by atoms with van der Waals surface area (Å²) in [6, 6.07) is 6.79. The van der Waals surface area contributed by atoms with Gasteiger partial charge in [-0.1, -0.05) is 13.0 Å². The van der Waals surface area contributed by atoms with Gasteiger partial charge in [0.15, 0.2) is 11.5 Å². The Labute approximate surface area is 126 Å². The van der Waals surface area contributed by atoms with Gasteiger partial charge in [0.25, 0.3) is 0 Å². The Morgan fingerprint density at radius 1 is 1.25 bits per heavy atom. The standard InChI is InChI=1S/C16H25NO2S/c1-3-20-10-7-13(2)17-12-14-5-6-15-16(11-14)19-9-4-8-18-15/h5-6,11,13,17H,3-4,7-10,12H2,1-2H3. The van der Waals surface area contributed by atoms with Crippen LogP contribution in [0.25, 0.3) is 0 Å². The van der Waals surface area contributed by atoms with Crippen molar-refractivity contribution in [2.75, 3.05) is 24.7 Å². The van der Waals surface area contributed by atoms with Gasteiger partial charge in [-0.15, -0.1) is 0 Å².